The molecule has 0 aromatic heterocycles. The maximum atomic E-state index is 12.8. The Morgan fingerprint density at radius 3 is 1.96 bits per heavy atom. The third-order valence-electron chi connectivity index (χ3n) is 5.85. The van der Waals surface area contributed by atoms with Gasteiger partial charge < -0.3 is 9.16 Å². The van der Waals surface area contributed by atoms with Crippen molar-refractivity contribution in [2.45, 2.75) is 50.4 Å². The van der Waals surface area contributed by atoms with Crippen molar-refractivity contribution in [3.05, 3.63) is 71.8 Å². The van der Waals surface area contributed by atoms with Crippen LogP contribution in [0.2, 0.25) is 18.1 Å². The van der Waals surface area contributed by atoms with Gasteiger partial charge in [0, 0.05) is 0 Å². The highest BCUT2D eigenvalue weighted by Crippen LogP contribution is 2.50. The lowest BCUT2D eigenvalue weighted by Crippen LogP contribution is -2.59. The number of benzene rings is 2. The van der Waals surface area contributed by atoms with E-state index >= 15 is 0 Å². The second kappa shape index (κ2) is 6.67. The van der Waals surface area contributed by atoms with Crippen molar-refractivity contribution in [3.8, 4) is 0 Å². The number of carbonyl (C=O) groups excluding carboxylic acids is 1. The lowest BCUT2D eigenvalue weighted by Gasteiger charge is -2.49. The van der Waals surface area contributed by atoms with Crippen LogP contribution in [0.4, 0.5) is 0 Å². The molecule has 2 unspecified atom stereocenters. The Kier molecular flexibility index (Phi) is 4.84. The molecule has 0 saturated carbocycles. The van der Waals surface area contributed by atoms with Crippen molar-refractivity contribution >= 4 is 14.3 Å². The Morgan fingerprint density at radius 2 is 1.54 bits per heavy atom. The predicted octanol–water partition coefficient (Wildman–Crippen LogP) is 5.24. The van der Waals surface area contributed by atoms with Gasteiger partial charge in [-0.1, -0.05) is 81.4 Å². The van der Waals surface area contributed by atoms with Crippen molar-refractivity contribution in [1.82, 2.24) is 0 Å². The number of hydrogen-bond acceptors (Lipinski definition) is 3. The van der Waals surface area contributed by atoms with E-state index in [-0.39, 0.29) is 17.1 Å². The molecule has 0 bridgehead atoms. The van der Waals surface area contributed by atoms with Crippen LogP contribution >= 0.6 is 0 Å². The number of carbonyl (C=O) groups is 1. The third-order valence-corrected chi connectivity index (χ3v) is 10.3. The monoisotopic (exact) mass is 368 g/mol. The van der Waals surface area contributed by atoms with Crippen LogP contribution in [0.15, 0.2) is 60.7 Å². The molecule has 0 amide bonds. The highest BCUT2D eigenvalue weighted by Gasteiger charge is 2.59. The largest absolute Gasteiger partial charge is 0.463 e. The van der Waals surface area contributed by atoms with Crippen molar-refractivity contribution < 1.29 is 14.0 Å². The molecule has 1 fully saturated rings. The van der Waals surface area contributed by atoms with Gasteiger partial charge in [-0.15, -0.1) is 0 Å². The smallest absolute Gasteiger partial charge is 0.323 e. The van der Waals surface area contributed by atoms with E-state index < -0.39 is 13.7 Å². The minimum absolute atomic E-state index is 0.0472. The van der Waals surface area contributed by atoms with Gasteiger partial charge in [-0.3, -0.25) is 4.79 Å². The molecular weight excluding hydrogens is 340 g/mol. The lowest BCUT2D eigenvalue weighted by molar-refractivity contribution is -0.183. The predicted molar refractivity (Wildman–Crippen MR) is 107 cm³/mol. The fourth-order valence-electron chi connectivity index (χ4n) is 3.11. The first-order valence-electron chi connectivity index (χ1n) is 9.14. The SMILES string of the molecule is CC(C)(C)[Si](C)(C)OC(c1ccccc1)C1(c2ccccc2)COC1=O. The molecule has 1 aliphatic rings. The zero-order valence-electron chi connectivity index (χ0n) is 16.3. The molecule has 4 heteroatoms. The van der Waals surface area contributed by atoms with E-state index in [1.54, 1.807) is 0 Å². The van der Waals surface area contributed by atoms with Crippen LogP contribution in [0.25, 0.3) is 0 Å². The molecule has 0 N–H and O–H groups in total. The molecule has 2 aromatic rings. The molecule has 1 saturated heterocycles. The maximum Gasteiger partial charge on any atom is 0.323 e. The van der Waals surface area contributed by atoms with E-state index in [9.17, 15) is 4.79 Å². The standard InChI is InChI=1S/C22H28O3Si/c1-21(2,3)26(4,5)25-19(17-12-8-6-9-13-17)22(16-24-20(22)23)18-14-10-7-11-15-18/h6-15,19H,16H2,1-5H3. The topological polar surface area (TPSA) is 35.5 Å². The molecule has 0 aliphatic carbocycles. The van der Waals surface area contributed by atoms with E-state index in [1.165, 1.54) is 0 Å². The zero-order valence-corrected chi connectivity index (χ0v) is 17.3. The van der Waals surface area contributed by atoms with E-state index in [1.807, 2.05) is 60.7 Å². The quantitative estimate of drug-likeness (QED) is 0.534. The zero-order chi connectivity index (χ0) is 19.0. The summed E-state index contributed by atoms with van der Waals surface area (Å²) in [5, 5.41) is 0.0472. The van der Waals surface area contributed by atoms with Crippen LogP contribution in [-0.2, 0) is 19.4 Å². The Labute approximate surface area is 157 Å². The van der Waals surface area contributed by atoms with Gasteiger partial charge in [-0.25, -0.2) is 0 Å². The normalized spacial score (nSPS) is 21.7. The molecule has 3 rings (SSSR count). The molecule has 0 spiro atoms. The maximum absolute atomic E-state index is 12.8. The summed E-state index contributed by atoms with van der Waals surface area (Å²) in [5.41, 5.74) is 1.21. The van der Waals surface area contributed by atoms with Crippen molar-refractivity contribution in [2.75, 3.05) is 6.61 Å². The van der Waals surface area contributed by atoms with Gasteiger partial charge in [-0.2, -0.15) is 0 Å². The Hall–Kier alpha value is -1.91. The minimum atomic E-state index is -2.11. The Morgan fingerprint density at radius 1 is 1.00 bits per heavy atom. The van der Waals surface area contributed by atoms with Gasteiger partial charge in [0.2, 0.25) is 0 Å². The van der Waals surface area contributed by atoms with Gasteiger partial charge in [0.25, 0.3) is 0 Å². The average Bonchev–Trinajstić information content (AvgIpc) is 2.60. The van der Waals surface area contributed by atoms with Crippen molar-refractivity contribution in [1.29, 1.82) is 0 Å². The van der Waals surface area contributed by atoms with Crippen LogP contribution in [0.1, 0.15) is 38.0 Å². The van der Waals surface area contributed by atoms with Crippen LogP contribution in [-0.4, -0.2) is 20.9 Å². The molecule has 26 heavy (non-hydrogen) atoms. The van der Waals surface area contributed by atoms with Gasteiger partial charge in [0.1, 0.15) is 6.61 Å². The molecule has 2 atom stereocenters. The summed E-state index contributed by atoms with van der Waals surface area (Å²) in [4.78, 5) is 12.8. The fraction of sp³-hybridized carbons (Fsp3) is 0.409. The van der Waals surface area contributed by atoms with Crippen molar-refractivity contribution in [2.24, 2.45) is 0 Å². The first-order valence-corrected chi connectivity index (χ1v) is 12.0. The first kappa shape index (κ1) is 18.9. The fourth-order valence-corrected chi connectivity index (χ4v) is 4.39. The highest BCUT2D eigenvalue weighted by molar-refractivity contribution is 6.74. The second-order valence-corrected chi connectivity index (χ2v) is 13.3. The van der Waals surface area contributed by atoms with E-state index in [0.29, 0.717) is 6.61 Å². The molecule has 1 aliphatic heterocycles. The molecule has 138 valence electrons. The van der Waals surface area contributed by atoms with Gasteiger partial charge in [-0.05, 0) is 29.3 Å². The molecule has 2 aromatic carbocycles. The number of esters is 1. The van der Waals surface area contributed by atoms with Gasteiger partial charge >= 0.3 is 5.97 Å². The van der Waals surface area contributed by atoms with E-state index in [2.05, 4.69) is 33.9 Å². The number of rotatable bonds is 5. The summed E-state index contributed by atoms with van der Waals surface area (Å²) >= 11 is 0. The van der Waals surface area contributed by atoms with Gasteiger partial charge in [0.15, 0.2) is 13.7 Å². The summed E-state index contributed by atoms with van der Waals surface area (Å²) in [5.74, 6) is -0.198. The molecule has 1 heterocycles. The van der Waals surface area contributed by atoms with Crippen LogP contribution in [0.5, 0.6) is 0 Å². The average molecular weight is 369 g/mol. The summed E-state index contributed by atoms with van der Waals surface area (Å²) < 4.78 is 12.2. The Bertz CT molecular complexity index is 765. The van der Waals surface area contributed by atoms with E-state index in [4.69, 9.17) is 9.16 Å². The summed E-state index contributed by atoms with van der Waals surface area (Å²) in [7, 11) is -2.11. The summed E-state index contributed by atoms with van der Waals surface area (Å²) in [6.07, 6.45) is -0.353. The molecule has 3 nitrogen and oxygen atoms in total. The molecular formula is C22H28O3Si. The number of hydrogen-bond donors (Lipinski definition) is 0. The summed E-state index contributed by atoms with van der Waals surface area (Å²) in [6.45, 7) is 11.5. The van der Waals surface area contributed by atoms with Crippen molar-refractivity contribution in [3.63, 3.8) is 0 Å². The van der Waals surface area contributed by atoms with E-state index in [0.717, 1.165) is 11.1 Å². The second-order valence-electron chi connectivity index (χ2n) is 8.58. The number of ether oxygens (including phenoxy) is 1. The van der Waals surface area contributed by atoms with Crippen LogP contribution in [0.3, 0.4) is 0 Å². The lowest BCUT2D eigenvalue weighted by atomic mass is 9.71. The van der Waals surface area contributed by atoms with Crippen LogP contribution < -0.4 is 0 Å². The summed E-state index contributed by atoms with van der Waals surface area (Å²) in [6, 6.07) is 20.0. The van der Waals surface area contributed by atoms with Crippen LogP contribution in [0, 0.1) is 0 Å². The first-order chi connectivity index (χ1) is 12.2. The third kappa shape index (κ3) is 3.12. The highest BCUT2D eigenvalue weighted by atomic mass is 28.4. The minimum Gasteiger partial charge on any atom is -0.463 e. The molecule has 0 radical (unpaired) electrons. The van der Waals surface area contributed by atoms with Gasteiger partial charge in [0.05, 0.1) is 6.10 Å². The Balaban J connectivity index is 2.12. The number of cyclic esters (lactones) is 1.